The van der Waals surface area contributed by atoms with Crippen LogP contribution in [0.25, 0.3) is 0 Å². The van der Waals surface area contributed by atoms with Crippen LogP contribution in [0.5, 0.6) is 11.5 Å². The molecule has 0 aromatic heterocycles. The molecule has 1 aliphatic carbocycles. The Balaban J connectivity index is 1.64. The molecular weight excluding hydrogens is 472 g/mol. The first-order valence-corrected chi connectivity index (χ1v) is 11.4. The molecule has 2 N–H and O–H groups in total. The maximum Gasteiger partial charge on any atom is 0.254 e. The number of aryl methyl sites for hydroxylation is 1. The predicted molar refractivity (Wildman–Crippen MR) is 125 cm³/mol. The molecule has 2 aromatic rings. The molecule has 0 bridgehead atoms. The number of carbonyl (C=O) groups excluding carboxylic acids is 2. The molecule has 1 amide bonds. The molecule has 0 fully saturated rings. The van der Waals surface area contributed by atoms with Gasteiger partial charge in [0.05, 0.1) is 0 Å². The number of fused-ring (bicyclic) bond motifs is 1. The van der Waals surface area contributed by atoms with Crippen molar-refractivity contribution >= 4 is 33.3 Å². The summed E-state index contributed by atoms with van der Waals surface area (Å²) in [4.78, 5) is 26.7. The fourth-order valence-electron chi connectivity index (χ4n) is 4.65. The second-order valence-electron chi connectivity index (χ2n) is 8.26. The van der Waals surface area contributed by atoms with Crippen LogP contribution in [-0.2, 0) is 9.59 Å². The van der Waals surface area contributed by atoms with Crippen LogP contribution in [-0.4, -0.2) is 18.5 Å². The van der Waals surface area contributed by atoms with Crippen molar-refractivity contribution in [2.45, 2.75) is 39.0 Å². The van der Waals surface area contributed by atoms with Crippen LogP contribution in [0.2, 0.25) is 0 Å². The van der Waals surface area contributed by atoms with Gasteiger partial charge in [-0.2, -0.15) is 0 Å². The summed E-state index contributed by atoms with van der Waals surface area (Å²) >= 11 is 3.65. The summed E-state index contributed by atoms with van der Waals surface area (Å²) in [5.41, 5.74) is 5.37. The molecule has 3 aliphatic rings. The Morgan fingerprint density at radius 2 is 1.88 bits per heavy atom. The van der Waals surface area contributed by atoms with Crippen LogP contribution < -0.4 is 20.1 Å². The van der Waals surface area contributed by atoms with Crippen molar-refractivity contribution in [1.82, 2.24) is 5.32 Å². The third kappa shape index (κ3) is 3.50. The largest absolute Gasteiger partial charge is 0.454 e. The third-order valence-electron chi connectivity index (χ3n) is 6.22. The van der Waals surface area contributed by atoms with E-state index in [2.05, 4.69) is 26.6 Å². The first kappa shape index (κ1) is 20.8. The molecule has 1 atom stereocenters. The highest BCUT2D eigenvalue weighted by atomic mass is 79.9. The van der Waals surface area contributed by atoms with Gasteiger partial charge in [-0.25, -0.2) is 0 Å². The zero-order chi connectivity index (χ0) is 22.4. The van der Waals surface area contributed by atoms with E-state index in [1.807, 2.05) is 50.2 Å². The Labute approximate surface area is 194 Å². The highest BCUT2D eigenvalue weighted by Gasteiger charge is 2.40. The first-order valence-electron chi connectivity index (χ1n) is 10.6. The van der Waals surface area contributed by atoms with E-state index >= 15 is 0 Å². The lowest BCUT2D eigenvalue weighted by molar-refractivity contribution is -0.116. The zero-order valence-corrected chi connectivity index (χ0v) is 19.5. The number of amides is 1. The lowest BCUT2D eigenvalue weighted by Crippen LogP contribution is -2.35. The van der Waals surface area contributed by atoms with Crippen LogP contribution in [0.4, 0.5) is 5.69 Å². The number of ether oxygens (including phenoxy) is 2. The van der Waals surface area contributed by atoms with Gasteiger partial charge in [-0.05, 0) is 56.0 Å². The molecule has 5 rings (SSSR count). The molecule has 164 valence electrons. The fourth-order valence-corrected chi connectivity index (χ4v) is 5.20. The summed E-state index contributed by atoms with van der Waals surface area (Å²) in [6.45, 7) is 4.00. The van der Waals surface area contributed by atoms with Crippen molar-refractivity contribution in [2.75, 3.05) is 12.1 Å². The van der Waals surface area contributed by atoms with Gasteiger partial charge in [0, 0.05) is 45.0 Å². The maximum atomic E-state index is 13.6. The van der Waals surface area contributed by atoms with E-state index in [0.29, 0.717) is 29.1 Å². The van der Waals surface area contributed by atoms with Gasteiger partial charge < -0.3 is 20.1 Å². The van der Waals surface area contributed by atoms with E-state index < -0.39 is 5.92 Å². The number of halogens is 1. The molecule has 7 heteroatoms. The van der Waals surface area contributed by atoms with Gasteiger partial charge >= 0.3 is 0 Å². The molecule has 2 heterocycles. The topological polar surface area (TPSA) is 76.7 Å². The van der Waals surface area contributed by atoms with Crippen LogP contribution in [0.3, 0.4) is 0 Å². The smallest absolute Gasteiger partial charge is 0.254 e. The van der Waals surface area contributed by atoms with Crippen molar-refractivity contribution in [1.29, 1.82) is 0 Å². The second-order valence-corrected chi connectivity index (χ2v) is 9.12. The standard InChI is InChI=1S/C25H23BrN2O4/c1-13-6-3-4-7-17(13)28-25(30)22-14(2)27-18-8-5-9-19(29)24(18)23(22)15-10-20-21(11-16(15)26)32-12-31-20/h3-4,6-7,10-11,23,27H,5,8-9,12H2,1-2H3,(H,28,30). The minimum atomic E-state index is -0.507. The monoisotopic (exact) mass is 494 g/mol. The number of allylic oxidation sites excluding steroid dienone is 3. The fraction of sp³-hybridized carbons (Fsp3) is 0.280. The number of anilines is 1. The number of carbonyl (C=O) groups is 2. The van der Waals surface area contributed by atoms with Crippen molar-refractivity contribution in [3.8, 4) is 11.5 Å². The Kier molecular flexibility index (Phi) is 5.29. The van der Waals surface area contributed by atoms with E-state index in [1.54, 1.807) is 0 Å². The highest BCUT2D eigenvalue weighted by Crippen LogP contribution is 2.48. The number of para-hydroxylation sites is 1. The van der Waals surface area contributed by atoms with Crippen molar-refractivity contribution in [3.63, 3.8) is 0 Å². The number of ketones is 1. The number of rotatable bonds is 3. The van der Waals surface area contributed by atoms with Gasteiger partial charge in [0.1, 0.15) is 0 Å². The second kappa shape index (κ2) is 8.13. The van der Waals surface area contributed by atoms with Crippen LogP contribution in [0.15, 0.2) is 63.4 Å². The zero-order valence-electron chi connectivity index (χ0n) is 17.9. The van der Waals surface area contributed by atoms with E-state index in [0.717, 1.165) is 45.5 Å². The van der Waals surface area contributed by atoms with Crippen molar-refractivity contribution in [3.05, 3.63) is 74.5 Å². The summed E-state index contributed by atoms with van der Waals surface area (Å²) in [6, 6.07) is 11.4. The predicted octanol–water partition coefficient (Wildman–Crippen LogP) is 5.09. The molecule has 0 saturated carbocycles. The van der Waals surface area contributed by atoms with E-state index in [-0.39, 0.29) is 18.5 Å². The summed E-state index contributed by atoms with van der Waals surface area (Å²) in [5.74, 6) is 0.589. The number of hydrogen-bond donors (Lipinski definition) is 2. The molecule has 2 aromatic carbocycles. The molecule has 2 aliphatic heterocycles. The van der Waals surface area contributed by atoms with Crippen LogP contribution >= 0.6 is 15.9 Å². The number of nitrogens with one attached hydrogen (secondary N) is 2. The summed E-state index contributed by atoms with van der Waals surface area (Å²) in [6.07, 6.45) is 2.06. The summed E-state index contributed by atoms with van der Waals surface area (Å²) < 4.78 is 11.9. The average molecular weight is 495 g/mol. The molecule has 32 heavy (non-hydrogen) atoms. The highest BCUT2D eigenvalue weighted by molar-refractivity contribution is 9.10. The van der Waals surface area contributed by atoms with Gasteiger partial charge in [0.25, 0.3) is 5.91 Å². The summed E-state index contributed by atoms with van der Waals surface area (Å²) in [7, 11) is 0. The van der Waals surface area contributed by atoms with Gasteiger partial charge in [0.2, 0.25) is 6.79 Å². The van der Waals surface area contributed by atoms with E-state index in [9.17, 15) is 9.59 Å². The minimum absolute atomic E-state index is 0.0713. The molecule has 0 saturated heterocycles. The Bertz CT molecular complexity index is 1210. The van der Waals surface area contributed by atoms with Crippen LogP contribution in [0, 0.1) is 6.92 Å². The number of Topliss-reactive ketones (excluding diaryl/α,β-unsaturated/α-hetero) is 1. The lowest BCUT2D eigenvalue weighted by atomic mass is 9.75. The van der Waals surface area contributed by atoms with Crippen molar-refractivity contribution in [2.24, 2.45) is 0 Å². The Hall–Kier alpha value is -3.06. The Morgan fingerprint density at radius 3 is 2.66 bits per heavy atom. The third-order valence-corrected chi connectivity index (χ3v) is 6.90. The van der Waals surface area contributed by atoms with E-state index in [1.165, 1.54) is 0 Å². The number of hydrogen-bond acceptors (Lipinski definition) is 5. The van der Waals surface area contributed by atoms with Crippen molar-refractivity contribution < 1.29 is 19.1 Å². The number of dihydropyridines is 1. The normalized spacial score (nSPS) is 19.6. The quantitative estimate of drug-likeness (QED) is 0.621. The van der Waals surface area contributed by atoms with Gasteiger partial charge in [0.15, 0.2) is 17.3 Å². The minimum Gasteiger partial charge on any atom is -0.454 e. The lowest BCUT2D eigenvalue weighted by Gasteiger charge is -2.35. The molecule has 1 unspecified atom stereocenters. The van der Waals surface area contributed by atoms with Gasteiger partial charge in [-0.3, -0.25) is 9.59 Å². The first-order chi connectivity index (χ1) is 15.4. The SMILES string of the molecule is CC1=C(C(=O)Nc2ccccc2C)C(c2cc3c(cc2Br)OCO3)C2=C(CCCC2=O)N1. The molecule has 0 radical (unpaired) electrons. The van der Waals surface area contributed by atoms with Gasteiger partial charge in [-0.15, -0.1) is 0 Å². The van der Waals surface area contributed by atoms with Crippen LogP contribution in [0.1, 0.15) is 43.2 Å². The average Bonchev–Trinajstić information content (AvgIpc) is 3.21. The maximum absolute atomic E-state index is 13.6. The molecule has 6 nitrogen and oxygen atoms in total. The Morgan fingerprint density at radius 1 is 1.12 bits per heavy atom. The van der Waals surface area contributed by atoms with Gasteiger partial charge in [-0.1, -0.05) is 34.1 Å². The number of benzene rings is 2. The molecular formula is C25H23BrN2O4. The van der Waals surface area contributed by atoms with E-state index in [4.69, 9.17) is 9.47 Å². The summed E-state index contributed by atoms with van der Waals surface area (Å²) in [5, 5.41) is 6.41. The molecule has 0 spiro atoms.